The number of hydrogen-bond acceptors (Lipinski definition) is 2. The molecular weight excluding hydrogens is 227 g/mol. The lowest BCUT2D eigenvalue weighted by atomic mass is 10.2. The van der Waals surface area contributed by atoms with Crippen LogP contribution in [-0.4, -0.2) is 7.05 Å². The van der Waals surface area contributed by atoms with Crippen molar-refractivity contribution in [1.29, 1.82) is 0 Å². The highest BCUT2D eigenvalue weighted by Crippen LogP contribution is 2.10. The number of hydrogen-bond donors (Lipinski definition) is 2. The zero-order chi connectivity index (χ0) is 12.8. The van der Waals surface area contributed by atoms with Gasteiger partial charge in [0, 0.05) is 25.8 Å². The normalized spacial score (nSPS) is 10.3. The molecule has 0 fully saturated rings. The molecule has 3 heteroatoms. The molecule has 2 aromatic rings. The Kier molecular flexibility index (Phi) is 4.31. The molecule has 0 radical (unpaired) electrons. The molecule has 0 amide bonds. The van der Waals surface area contributed by atoms with Crippen LogP contribution in [0.5, 0.6) is 0 Å². The molecule has 2 N–H and O–H groups in total. The number of rotatable bonds is 5. The molecule has 0 aliphatic carbocycles. The summed E-state index contributed by atoms with van der Waals surface area (Å²) in [6, 6.07) is 14.9. The molecule has 18 heavy (non-hydrogen) atoms. The standard InChI is InChI=1S/C15H17FN2/c1-17-15-7-3-5-13(9-15)11-18-10-12-4-2-6-14(16)8-12/h2-9,17-18H,10-11H2,1H3. The van der Waals surface area contributed by atoms with Gasteiger partial charge in [-0.1, -0.05) is 24.3 Å². The third-order valence-corrected chi connectivity index (χ3v) is 2.76. The van der Waals surface area contributed by atoms with Gasteiger partial charge >= 0.3 is 0 Å². The maximum atomic E-state index is 13.0. The Balaban J connectivity index is 1.88. The summed E-state index contributed by atoms with van der Waals surface area (Å²) in [5, 5.41) is 6.41. The summed E-state index contributed by atoms with van der Waals surface area (Å²) in [5.41, 5.74) is 3.26. The molecule has 0 heterocycles. The van der Waals surface area contributed by atoms with Gasteiger partial charge < -0.3 is 10.6 Å². The van der Waals surface area contributed by atoms with E-state index in [0.717, 1.165) is 17.8 Å². The summed E-state index contributed by atoms with van der Waals surface area (Å²) in [7, 11) is 1.90. The highest BCUT2D eigenvalue weighted by Gasteiger charge is 1.97. The molecular formula is C15H17FN2. The summed E-state index contributed by atoms with van der Waals surface area (Å²) in [4.78, 5) is 0. The summed E-state index contributed by atoms with van der Waals surface area (Å²) >= 11 is 0. The van der Waals surface area contributed by atoms with E-state index < -0.39 is 0 Å². The smallest absolute Gasteiger partial charge is 0.123 e. The molecule has 0 aliphatic heterocycles. The zero-order valence-electron chi connectivity index (χ0n) is 10.4. The van der Waals surface area contributed by atoms with Gasteiger partial charge in [0.25, 0.3) is 0 Å². The van der Waals surface area contributed by atoms with E-state index >= 15 is 0 Å². The number of nitrogens with one attached hydrogen (secondary N) is 2. The van der Waals surface area contributed by atoms with Gasteiger partial charge in [-0.25, -0.2) is 4.39 Å². The Labute approximate surface area is 107 Å². The molecule has 0 saturated heterocycles. The van der Waals surface area contributed by atoms with Gasteiger partial charge in [-0.15, -0.1) is 0 Å². The van der Waals surface area contributed by atoms with Gasteiger partial charge in [-0.3, -0.25) is 0 Å². The monoisotopic (exact) mass is 244 g/mol. The highest BCUT2D eigenvalue weighted by molar-refractivity contribution is 5.44. The molecule has 2 aromatic carbocycles. The van der Waals surface area contributed by atoms with Crippen LogP contribution in [0.15, 0.2) is 48.5 Å². The van der Waals surface area contributed by atoms with Crippen LogP contribution >= 0.6 is 0 Å². The average Bonchev–Trinajstić information content (AvgIpc) is 2.39. The van der Waals surface area contributed by atoms with Crippen LogP contribution in [0.25, 0.3) is 0 Å². The molecule has 0 unspecified atom stereocenters. The molecule has 0 atom stereocenters. The summed E-state index contributed by atoms with van der Waals surface area (Å²) in [6.07, 6.45) is 0. The fourth-order valence-corrected chi connectivity index (χ4v) is 1.83. The Morgan fingerprint density at radius 2 is 1.61 bits per heavy atom. The van der Waals surface area contributed by atoms with Crippen LogP contribution in [0.1, 0.15) is 11.1 Å². The van der Waals surface area contributed by atoms with Crippen LogP contribution in [-0.2, 0) is 13.1 Å². The third-order valence-electron chi connectivity index (χ3n) is 2.76. The van der Waals surface area contributed by atoms with Crippen molar-refractivity contribution in [3.8, 4) is 0 Å². The lowest BCUT2D eigenvalue weighted by Crippen LogP contribution is -2.12. The first-order valence-electron chi connectivity index (χ1n) is 6.00. The van der Waals surface area contributed by atoms with Crippen molar-refractivity contribution >= 4 is 5.69 Å². The van der Waals surface area contributed by atoms with Crippen molar-refractivity contribution in [2.24, 2.45) is 0 Å². The lowest BCUT2D eigenvalue weighted by Gasteiger charge is -2.07. The predicted molar refractivity (Wildman–Crippen MR) is 72.9 cm³/mol. The van der Waals surface area contributed by atoms with Gasteiger partial charge in [-0.2, -0.15) is 0 Å². The first-order chi connectivity index (χ1) is 8.78. The second kappa shape index (κ2) is 6.17. The van der Waals surface area contributed by atoms with E-state index in [0.29, 0.717) is 6.54 Å². The number of benzene rings is 2. The first kappa shape index (κ1) is 12.6. The maximum Gasteiger partial charge on any atom is 0.123 e. The van der Waals surface area contributed by atoms with Gasteiger partial charge in [0.2, 0.25) is 0 Å². The van der Waals surface area contributed by atoms with E-state index in [9.17, 15) is 4.39 Å². The van der Waals surface area contributed by atoms with Crippen LogP contribution in [0, 0.1) is 5.82 Å². The Morgan fingerprint density at radius 3 is 2.28 bits per heavy atom. The lowest BCUT2D eigenvalue weighted by molar-refractivity contribution is 0.620. The quantitative estimate of drug-likeness (QED) is 0.844. The molecule has 2 rings (SSSR count). The Hall–Kier alpha value is -1.87. The van der Waals surface area contributed by atoms with E-state index in [-0.39, 0.29) is 5.82 Å². The number of anilines is 1. The van der Waals surface area contributed by atoms with Crippen molar-refractivity contribution in [3.63, 3.8) is 0 Å². The second-order valence-electron chi connectivity index (χ2n) is 4.18. The molecule has 2 nitrogen and oxygen atoms in total. The molecule has 94 valence electrons. The van der Waals surface area contributed by atoms with Gasteiger partial charge in [0.05, 0.1) is 0 Å². The topological polar surface area (TPSA) is 24.1 Å². The fraction of sp³-hybridized carbons (Fsp3) is 0.200. The summed E-state index contributed by atoms with van der Waals surface area (Å²) in [5.74, 6) is -0.188. The Morgan fingerprint density at radius 1 is 0.944 bits per heavy atom. The molecule has 0 aromatic heterocycles. The van der Waals surface area contributed by atoms with Gasteiger partial charge in [0.15, 0.2) is 0 Å². The van der Waals surface area contributed by atoms with Gasteiger partial charge in [-0.05, 0) is 35.4 Å². The van der Waals surface area contributed by atoms with Crippen molar-refractivity contribution in [2.45, 2.75) is 13.1 Å². The van der Waals surface area contributed by atoms with E-state index in [4.69, 9.17) is 0 Å². The van der Waals surface area contributed by atoms with Crippen molar-refractivity contribution < 1.29 is 4.39 Å². The molecule has 0 spiro atoms. The first-order valence-corrected chi connectivity index (χ1v) is 6.00. The van der Waals surface area contributed by atoms with Crippen LogP contribution in [0.4, 0.5) is 10.1 Å². The minimum atomic E-state index is -0.188. The number of halogens is 1. The van der Waals surface area contributed by atoms with Crippen LogP contribution in [0.2, 0.25) is 0 Å². The second-order valence-corrected chi connectivity index (χ2v) is 4.18. The highest BCUT2D eigenvalue weighted by atomic mass is 19.1. The van der Waals surface area contributed by atoms with E-state index in [2.05, 4.69) is 22.8 Å². The van der Waals surface area contributed by atoms with Crippen molar-refractivity contribution in [3.05, 3.63) is 65.5 Å². The van der Waals surface area contributed by atoms with E-state index in [1.54, 1.807) is 12.1 Å². The largest absolute Gasteiger partial charge is 0.388 e. The fourth-order valence-electron chi connectivity index (χ4n) is 1.83. The zero-order valence-corrected chi connectivity index (χ0v) is 10.4. The van der Waals surface area contributed by atoms with Gasteiger partial charge in [0.1, 0.15) is 5.82 Å². The third kappa shape index (κ3) is 3.57. The molecule has 0 saturated carbocycles. The maximum absolute atomic E-state index is 13.0. The summed E-state index contributed by atoms with van der Waals surface area (Å²) in [6.45, 7) is 1.44. The van der Waals surface area contributed by atoms with Crippen LogP contribution < -0.4 is 10.6 Å². The van der Waals surface area contributed by atoms with Crippen molar-refractivity contribution in [1.82, 2.24) is 5.32 Å². The van der Waals surface area contributed by atoms with Crippen LogP contribution in [0.3, 0.4) is 0 Å². The predicted octanol–water partition coefficient (Wildman–Crippen LogP) is 3.16. The van der Waals surface area contributed by atoms with E-state index in [1.165, 1.54) is 11.6 Å². The molecule has 0 bridgehead atoms. The minimum Gasteiger partial charge on any atom is -0.388 e. The summed E-state index contributed by atoms with van der Waals surface area (Å²) < 4.78 is 13.0. The minimum absolute atomic E-state index is 0.188. The average molecular weight is 244 g/mol. The molecule has 0 aliphatic rings. The SMILES string of the molecule is CNc1cccc(CNCc2cccc(F)c2)c1. The Bertz CT molecular complexity index is 511. The van der Waals surface area contributed by atoms with E-state index in [1.807, 2.05) is 25.2 Å². The van der Waals surface area contributed by atoms with Crippen molar-refractivity contribution in [2.75, 3.05) is 12.4 Å².